The molecule has 2 nitrogen and oxygen atoms in total. The topological polar surface area (TPSA) is 15.3 Å². The van der Waals surface area contributed by atoms with Crippen molar-refractivity contribution in [2.45, 2.75) is 32.7 Å². The van der Waals surface area contributed by atoms with Crippen molar-refractivity contribution in [3.63, 3.8) is 0 Å². The number of hydrogen-bond acceptors (Lipinski definition) is 2. The monoisotopic (exact) mass is 378 g/mol. The lowest BCUT2D eigenvalue weighted by molar-refractivity contribution is 0.126. The van der Waals surface area contributed by atoms with Crippen LogP contribution in [-0.4, -0.2) is 31.1 Å². The summed E-state index contributed by atoms with van der Waals surface area (Å²) in [4.78, 5) is 2.50. The Hall–Kier alpha value is -0.160. The summed E-state index contributed by atoms with van der Waals surface area (Å²) in [7, 11) is 0. The van der Waals surface area contributed by atoms with Crippen molar-refractivity contribution in [3.8, 4) is 0 Å². The van der Waals surface area contributed by atoms with Gasteiger partial charge in [-0.05, 0) is 46.0 Å². The Morgan fingerprint density at radius 3 is 2.57 bits per heavy atom. The van der Waals surface area contributed by atoms with Crippen molar-refractivity contribution in [1.29, 1.82) is 0 Å². The van der Waals surface area contributed by atoms with E-state index in [4.69, 9.17) is 0 Å². The third kappa shape index (κ3) is 4.92. The average Bonchev–Trinajstić information content (AvgIpc) is 2.44. The van der Waals surface area contributed by atoms with Crippen molar-refractivity contribution in [2.24, 2.45) is 5.92 Å². The van der Waals surface area contributed by atoms with Crippen molar-refractivity contribution >= 4 is 28.3 Å². The molecule has 120 valence electrons. The van der Waals surface area contributed by atoms with E-state index in [2.05, 4.69) is 46.1 Å². The van der Waals surface area contributed by atoms with Crippen molar-refractivity contribution in [3.05, 3.63) is 34.1 Å². The van der Waals surface area contributed by atoms with Crippen LogP contribution in [0.1, 0.15) is 38.3 Å². The standard InChI is InChI=1S/C16H24BrFN2.ClH/c1-3-4-12(2)16(20-9-7-19-8-10-20)13-5-6-14(17)15(18)11-13;/h5-6,11-12,16,19H,3-4,7-10H2,1-2H3;1H/t12?,16-;/m0./s1. The molecule has 0 spiro atoms. The Morgan fingerprint density at radius 2 is 2.00 bits per heavy atom. The van der Waals surface area contributed by atoms with E-state index in [-0.39, 0.29) is 18.2 Å². The number of benzene rings is 1. The molecule has 0 saturated carbocycles. The van der Waals surface area contributed by atoms with Gasteiger partial charge in [-0.1, -0.05) is 26.3 Å². The molecule has 1 saturated heterocycles. The summed E-state index contributed by atoms with van der Waals surface area (Å²) in [6, 6.07) is 5.91. The molecule has 1 heterocycles. The molecule has 2 rings (SSSR count). The second-order valence-corrected chi connectivity index (χ2v) is 6.52. The van der Waals surface area contributed by atoms with Gasteiger partial charge in [0.05, 0.1) is 4.47 Å². The Kier molecular flexibility index (Phi) is 8.17. The molecule has 0 aromatic heterocycles. The van der Waals surface area contributed by atoms with Crippen molar-refractivity contribution in [2.75, 3.05) is 26.2 Å². The van der Waals surface area contributed by atoms with Gasteiger partial charge in [0, 0.05) is 32.2 Å². The first-order valence-electron chi connectivity index (χ1n) is 7.53. The minimum atomic E-state index is -0.161. The van der Waals surface area contributed by atoms with E-state index >= 15 is 0 Å². The van der Waals surface area contributed by atoms with Crippen LogP contribution in [0, 0.1) is 11.7 Å². The zero-order valence-electron chi connectivity index (χ0n) is 12.7. The molecule has 0 radical (unpaired) electrons. The van der Waals surface area contributed by atoms with Gasteiger partial charge in [-0.2, -0.15) is 0 Å². The van der Waals surface area contributed by atoms with E-state index < -0.39 is 0 Å². The van der Waals surface area contributed by atoms with Gasteiger partial charge in [-0.3, -0.25) is 4.90 Å². The molecule has 2 atom stereocenters. The number of rotatable bonds is 5. The molecule has 1 aromatic carbocycles. The fraction of sp³-hybridized carbons (Fsp3) is 0.625. The lowest BCUT2D eigenvalue weighted by atomic mass is 9.89. The molecule has 1 N–H and O–H groups in total. The van der Waals surface area contributed by atoms with Gasteiger partial charge in [0.15, 0.2) is 0 Å². The Morgan fingerprint density at radius 1 is 1.33 bits per heavy atom. The highest BCUT2D eigenvalue weighted by atomic mass is 79.9. The molecule has 0 bridgehead atoms. The molecule has 0 amide bonds. The van der Waals surface area contributed by atoms with Crippen LogP contribution < -0.4 is 5.32 Å². The highest BCUT2D eigenvalue weighted by molar-refractivity contribution is 9.10. The van der Waals surface area contributed by atoms with Crippen LogP contribution in [0.2, 0.25) is 0 Å². The Balaban J connectivity index is 0.00000220. The third-order valence-corrected chi connectivity index (χ3v) is 4.76. The van der Waals surface area contributed by atoms with E-state index in [9.17, 15) is 4.39 Å². The third-order valence-electron chi connectivity index (χ3n) is 4.11. The van der Waals surface area contributed by atoms with Crippen LogP contribution in [0.15, 0.2) is 22.7 Å². The smallest absolute Gasteiger partial charge is 0.137 e. The summed E-state index contributed by atoms with van der Waals surface area (Å²) >= 11 is 3.24. The first-order chi connectivity index (χ1) is 9.63. The summed E-state index contributed by atoms with van der Waals surface area (Å²) in [6.07, 6.45) is 2.34. The second kappa shape index (κ2) is 9.09. The number of nitrogens with zero attached hydrogens (tertiary/aromatic N) is 1. The number of halogens is 3. The number of hydrogen-bond donors (Lipinski definition) is 1. The van der Waals surface area contributed by atoms with E-state index in [0.717, 1.165) is 31.7 Å². The van der Waals surface area contributed by atoms with Crippen LogP contribution in [0.5, 0.6) is 0 Å². The molecule has 1 fully saturated rings. The largest absolute Gasteiger partial charge is 0.314 e. The van der Waals surface area contributed by atoms with E-state index in [1.807, 2.05) is 6.07 Å². The van der Waals surface area contributed by atoms with Crippen LogP contribution in [-0.2, 0) is 0 Å². The van der Waals surface area contributed by atoms with E-state index in [1.54, 1.807) is 6.07 Å². The lowest BCUT2D eigenvalue weighted by Gasteiger charge is -2.38. The van der Waals surface area contributed by atoms with Gasteiger partial charge < -0.3 is 5.32 Å². The summed E-state index contributed by atoms with van der Waals surface area (Å²) in [5.41, 5.74) is 1.11. The van der Waals surface area contributed by atoms with Crippen LogP contribution in [0.25, 0.3) is 0 Å². The van der Waals surface area contributed by atoms with Crippen molar-refractivity contribution < 1.29 is 4.39 Å². The summed E-state index contributed by atoms with van der Waals surface area (Å²) < 4.78 is 14.4. The maximum absolute atomic E-state index is 13.9. The maximum Gasteiger partial charge on any atom is 0.137 e. The molecule has 21 heavy (non-hydrogen) atoms. The normalized spacial score (nSPS) is 18.9. The minimum absolute atomic E-state index is 0. The van der Waals surface area contributed by atoms with Crippen LogP contribution in [0.4, 0.5) is 4.39 Å². The zero-order chi connectivity index (χ0) is 14.5. The van der Waals surface area contributed by atoms with Gasteiger partial charge in [0.1, 0.15) is 5.82 Å². The van der Waals surface area contributed by atoms with Gasteiger partial charge in [0.25, 0.3) is 0 Å². The first kappa shape index (κ1) is 18.9. The van der Waals surface area contributed by atoms with Crippen molar-refractivity contribution in [1.82, 2.24) is 10.2 Å². The fourth-order valence-electron chi connectivity index (χ4n) is 3.17. The molecular weight excluding hydrogens is 355 g/mol. The second-order valence-electron chi connectivity index (χ2n) is 5.67. The summed E-state index contributed by atoms with van der Waals surface area (Å²) in [5.74, 6) is 0.380. The van der Waals surface area contributed by atoms with Crippen LogP contribution in [0.3, 0.4) is 0 Å². The van der Waals surface area contributed by atoms with Gasteiger partial charge >= 0.3 is 0 Å². The Bertz CT molecular complexity index is 438. The quantitative estimate of drug-likeness (QED) is 0.816. The van der Waals surface area contributed by atoms with Gasteiger partial charge in [-0.25, -0.2) is 4.39 Å². The minimum Gasteiger partial charge on any atom is -0.314 e. The fourth-order valence-corrected chi connectivity index (χ4v) is 3.42. The number of piperazine rings is 1. The molecule has 1 unspecified atom stereocenters. The Labute approximate surface area is 142 Å². The van der Waals surface area contributed by atoms with E-state index in [1.165, 1.54) is 12.8 Å². The highest BCUT2D eigenvalue weighted by Gasteiger charge is 2.27. The zero-order valence-corrected chi connectivity index (χ0v) is 15.1. The molecule has 1 aromatic rings. The molecule has 0 aliphatic carbocycles. The maximum atomic E-state index is 13.9. The van der Waals surface area contributed by atoms with E-state index in [0.29, 0.717) is 16.4 Å². The van der Waals surface area contributed by atoms with Gasteiger partial charge in [0.2, 0.25) is 0 Å². The summed E-state index contributed by atoms with van der Waals surface area (Å²) in [6.45, 7) is 8.62. The lowest BCUT2D eigenvalue weighted by Crippen LogP contribution is -2.46. The average molecular weight is 380 g/mol. The molecular formula is C16H25BrClFN2. The molecule has 1 aliphatic heterocycles. The first-order valence-corrected chi connectivity index (χ1v) is 8.32. The van der Waals surface area contributed by atoms with Gasteiger partial charge in [-0.15, -0.1) is 12.4 Å². The predicted octanol–water partition coefficient (Wildman–Crippen LogP) is 4.39. The predicted molar refractivity (Wildman–Crippen MR) is 92.6 cm³/mol. The van der Waals surface area contributed by atoms with Crippen LogP contribution >= 0.6 is 28.3 Å². The molecule has 1 aliphatic rings. The number of nitrogens with one attached hydrogen (secondary N) is 1. The molecule has 5 heteroatoms. The highest BCUT2D eigenvalue weighted by Crippen LogP contribution is 2.33. The summed E-state index contributed by atoms with van der Waals surface area (Å²) in [5, 5.41) is 3.39. The SMILES string of the molecule is CCCC(C)[C@@H](c1ccc(Br)c(F)c1)N1CCNCC1.Cl.